The summed E-state index contributed by atoms with van der Waals surface area (Å²) in [5.74, 6) is 0. The summed E-state index contributed by atoms with van der Waals surface area (Å²) in [6.07, 6.45) is 0.500. The SMILES string of the molecule is C=C(N)C=O.C=C(N)CN.[HH]. The summed E-state index contributed by atoms with van der Waals surface area (Å²) < 4.78 is 0. The van der Waals surface area contributed by atoms with Gasteiger partial charge in [-0.25, -0.2) is 0 Å². The van der Waals surface area contributed by atoms with Gasteiger partial charge in [0.15, 0.2) is 6.29 Å². The van der Waals surface area contributed by atoms with Gasteiger partial charge in [-0.1, -0.05) is 13.2 Å². The Labute approximate surface area is 61.9 Å². The minimum atomic E-state index is 0. The van der Waals surface area contributed by atoms with Gasteiger partial charge in [-0.2, -0.15) is 0 Å². The first-order valence-electron chi connectivity index (χ1n) is 2.57. The molecule has 0 aromatic carbocycles. The normalized spacial score (nSPS) is 6.90. The molecule has 4 heteroatoms. The molecule has 10 heavy (non-hydrogen) atoms. The zero-order valence-corrected chi connectivity index (χ0v) is 5.84. The molecule has 0 amide bonds. The lowest BCUT2D eigenvalue weighted by Gasteiger charge is -1.82. The van der Waals surface area contributed by atoms with Crippen LogP contribution in [0.15, 0.2) is 24.6 Å². The minimum absolute atomic E-state index is 0. The van der Waals surface area contributed by atoms with Crippen LogP contribution in [0.3, 0.4) is 0 Å². The van der Waals surface area contributed by atoms with Gasteiger partial charge in [0.05, 0.1) is 5.70 Å². The standard InChI is InChI=1S/C3H8N2.C3H5NO.H2/c1-3(5)2-4;1-3(4)2-5;/h1-2,4-5H2;2H,1,4H2;1H. The zero-order valence-electron chi connectivity index (χ0n) is 5.84. The lowest BCUT2D eigenvalue weighted by Crippen LogP contribution is -2.08. The van der Waals surface area contributed by atoms with Crippen molar-refractivity contribution in [1.82, 2.24) is 0 Å². The second kappa shape index (κ2) is 7.71. The lowest BCUT2D eigenvalue weighted by molar-refractivity contribution is -0.104. The van der Waals surface area contributed by atoms with Gasteiger partial charge in [-0.15, -0.1) is 0 Å². The van der Waals surface area contributed by atoms with Gasteiger partial charge >= 0.3 is 0 Å². The highest BCUT2D eigenvalue weighted by atomic mass is 16.1. The molecule has 60 valence electrons. The summed E-state index contributed by atoms with van der Waals surface area (Å²) >= 11 is 0. The van der Waals surface area contributed by atoms with E-state index in [2.05, 4.69) is 13.2 Å². The molecule has 0 aromatic rings. The molecule has 0 unspecified atom stereocenters. The number of nitrogens with two attached hydrogens (primary N) is 3. The van der Waals surface area contributed by atoms with Crippen molar-refractivity contribution in [2.75, 3.05) is 6.54 Å². The summed E-state index contributed by atoms with van der Waals surface area (Å²) in [5, 5.41) is 0. The van der Waals surface area contributed by atoms with Gasteiger partial charge in [-0.3, -0.25) is 4.79 Å². The Balaban J connectivity index is -0.000000107. The van der Waals surface area contributed by atoms with Gasteiger partial charge in [0.2, 0.25) is 0 Å². The quantitative estimate of drug-likeness (QED) is 0.354. The Bertz CT molecular complexity index is 136. The molecule has 0 aliphatic rings. The average molecular weight is 145 g/mol. The Morgan fingerprint density at radius 1 is 1.50 bits per heavy atom. The molecule has 0 saturated carbocycles. The fraction of sp³-hybridized carbons (Fsp3) is 0.167. The average Bonchev–Trinajstić information content (AvgIpc) is 1.89. The van der Waals surface area contributed by atoms with Gasteiger partial charge < -0.3 is 17.2 Å². The van der Waals surface area contributed by atoms with Crippen molar-refractivity contribution in [3.8, 4) is 0 Å². The maximum atomic E-state index is 9.28. The van der Waals surface area contributed by atoms with Crippen LogP contribution in [0, 0.1) is 0 Å². The van der Waals surface area contributed by atoms with E-state index in [1.54, 1.807) is 0 Å². The lowest BCUT2D eigenvalue weighted by atomic mass is 10.5. The van der Waals surface area contributed by atoms with E-state index in [-0.39, 0.29) is 7.12 Å². The monoisotopic (exact) mass is 145 g/mol. The molecule has 4 nitrogen and oxygen atoms in total. The maximum Gasteiger partial charge on any atom is 0.165 e. The summed E-state index contributed by atoms with van der Waals surface area (Å²) in [6, 6.07) is 0. The topological polar surface area (TPSA) is 95.1 Å². The van der Waals surface area contributed by atoms with E-state index < -0.39 is 0 Å². The molecular weight excluding hydrogens is 130 g/mol. The number of hydrogen-bond donors (Lipinski definition) is 3. The highest BCUT2D eigenvalue weighted by Gasteiger charge is 1.67. The molecule has 0 spiro atoms. The van der Waals surface area contributed by atoms with Crippen LogP contribution in [0.4, 0.5) is 0 Å². The van der Waals surface area contributed by atoms with Gasteiger partial charge in [0.1, 0.15) is 0 Å². The maximum absolute atomic E-state index is 9.28. The number of carbonyl (C=O) groups excluding carboxylic acids is 1. The predicted octanol–water partition coefficient (Wildman–Crippen LogP) is -0.679. The van der Waals surface area contributed by atoms with Crippen LogP contribution in [0.1, 0.15) is 1.43 Å². The fourth-order valence-electron chi connectivity index (χ4n) is 0. The summed E-state index contributed by atoms with van der Waals surface area (Å²) in [4.78, 5) is 9.28. The third-order valence-electron chi connectivity index (χ3n) is 0.414. The van der Waals surface area contributed by atoms with Crippen molar-refractivity contribution in [1.29, 1.82) is 0 Å². The summed E-state index contributed by atoms with van der Waals surface area (Å²) in [5.41, 5.74) is 15.3. The Morgan fingerprint density at radius 2 is 1.70 bits per heavy atom. The first-order chi connectivity index (χ1) is 4.54. The molecule has 0 aliphatic carbocycles. The smallest absolute Gasteiger partial charge is 0.165 e. The number of aldehydes is 1. The van der Waals surface area contributed by atoms with Crippen LogP contribution in [-0.4, -0.2) is 12.8 Å². The van der Waals surface area contributed by atoms with E-state index in [4.69, 9.17) is 17.2 Å². The van der Waals surface area contributed by atoms with Crippen molar-refractivity contribution >= 4 is 6.29 Å². The van der Waals surface area contributed by atoms with E-state index in [1.807, 2.05) is 0 Å². The van der Waals surface area contributed by atoms with E-state index in [0.29, 0.717) is 18.5 Å². The van der Waals surface area contributed by atoms with Crippen LogP contribution in [0.2, 0.25) is 0 Å². The summed E-state index contributed by atoms with van der Waals surface area (Å²) in [7, 11) is 0. The molecular formula is C6H15N3O. The molecule has 0 saturated heterocycles. The fourth-order valence-corrected chi connectivity index (χ4v) is 0. The molecule has 0 radical (unpaired) electrons. The largest absolute Gasteiger partial charge is 0.401 e. The van der Waals surface area contributed by atoms with Crippen molar-refractivity contribution < 1.29 is 6.22 Å². The van der Waals surface area contributed by atoms with Crippen molar-refractivity contribution in [3.63, 3.8) is 0 Å². The molecule has 0 atom stereocenters. The third kappa shape index (κ3) is 29.8. The van der Waals surface area contributed by atoms with Crippen LogP contribution in [0.25, 0.3) is 0 Å². The van der Waals surface area contributed by atoms with E-state index in [0.717, 1.165) is 0 Å². The van der Waals surface area contributed by atoms with Gasteiger partial charge in [0, 0.05) is 13.7 Å². The second-order valence-corrected chi connectivity index (χ2v) is 1.56. The number of hydrogen-bond acceptors (Lipinski definition) is 4. The highest BCUT2D eigenvalue weighted by Crippen LogP contribution is 1.59. The van der Waals surface area contributed by atoms with Crippen molar-refractivity contribution in [2.24, 2.45) is 17.2 Å². The van der Waals surface area contributed by atoms with Crippen LogP contribution >= 0.6 is 0 Å². The number of allylic oxidation sites excluding steroid dienone is 1. The number of carbonyl (C=O) groups is 1. The predicted molar refractivity (Wildman–Crippen MR) is 43.9 cm³/mol. The van der Waals surface area contributed by atoms with Crippen molar-refractivity contribution in [3.05, 3.63) is 24.6 Å². The Morgan fingerprint density at radius 3 is 1.70 bits per heavy atom. The van der Waals surface area contributed by atoms with E-state index >= 15 is 0 Å². The third-order valence-corrected chi connectivity index (χ3v) is 0.414. The first-order valence-corrected chi connectivity index (χ1v) is 2.57. The van der Waals surface area contributed by atoms with Crippen LogP contribution in [0.5, 0.6) is 0 Å². The molecule has 6 N–H and O–H groups in total. The van der Waals surface area contributed by atoms with E-state index in [1.165, 1.54) is 0 Å². The Hall–Kier alpha value is -1.29. The van der Waals surface area contributed by atoms with Crippen LogP contribution < -0.4 is 17.2 Å². The Kier molecular flexibility index (Phi) is 8.87. The van der Waals surface area contributed by atoms with E-state index in [9.17, 15) is 4.79 Å². The number of rotatable bonds is 2. The molecule has 0 fully saturated rings. The zero-order chi connectivity index (χ0) is 8.57. The van der Waals surface area contributed by atoms with Crippen LogP contribution in [-0.2, 0) is 4.79 Å². The molecule has 0 bridgehead atoms. The van der Waals surface area contributed by atoms with Crippen molar-refractivity contribution in [2.45, 2.75) is 0 Å². The van der Waals surface area contributed by atoms with Gasteiger partial charge in [0.25, 0.3) is 0 Å². The van der Waals surface area contributed by atoms with Gasteiger partial charge in [-0.05, 0) is 0 Å². The highest BCUT2D eigenvalue weighted by molar-refractivity contribution is 5.70. The first kappa shape index (κ1) is 11.5. The minimum Gasteiger partial charge on any atom is -0.401 e. The molecule has 0 aliphatic heterocycles. The molecule has 0 heterocycles. The summed E-state index contributed by atoms with van der Waals surface area (Å²) in [6.45, 7) is 6.80. The molecule has 0 aromatic heterocycles. The second-order valence-electron chi connectivity index (χ2n) is 1.56. The molecule has 0 rings (SSSR count).